The molecule has 0 aliphatic heterocycles. The molecule has 0 atom stereocenters. The van der Waals surface area contributed by atoms with Crippen molar-refractivity contribution < 1.29 is 6.85 Å². The molecule has 0 saturated carbocycles. The molecule has 0 fully saturated rings. The van der Waals surface area contributed by atoms with Crippen LogP contribution in [0.3, 0.4) is 0 Å². The molecular formula is C12H10Te. The second-order valence-corrected chi connectivity index (χ2v) is 5.46. The van der Waals surface area contributed by atoms with Gasteiger partial charge in [-0.2, -0.15) is 0 Å². The van der Waals surface area contributed by atoms with E-state index in [-0.39, 0.29) is 30.2 Å². The predicted octanol–water partition coefficient (Wildman–Crippen LogP) is 1.34. The summed E-state index contributed by atoms with van der Waals surface area (Å²) in [5.41, 5.74) is 0. The molecule has 2 rings (SSSR count). The quantitative estimate of drug-likeness (QED) is 0.733. The first kappa shape index (κ1) is 4.64. The SMILES string of the molecule is [3H]c1c([3H])c([3H])c([Te]c2ccccc2)c([3H])c1[3H]. The molecule has 0 spiro atoms. The van der Waals surface area contributed by atoms with Gasteiger partial charge in [0.1, 0.15) is 0 Å². The minimum atomic E-state index is -0.960. The van der Waals surface area contributed by atoms with Gasteiger partial charge < -0.3 is 0 Å². The Bertz CT molecular complexity index is 554. The first-order chi connectivity index (χ1) is 8.52. The average Bonchev–Trinajstić information content (AvgIpc) is 2.40. The standard InChI is InChI=1S/C12H10Te/c1-3-7-11(8-4-1)13-12-9-5-2-6-10-12/h1-10H/i1T,3T,4T,7T,8T. The van der Waals surface area contributed by atoms with E-state index in [1.54, 1.807) is 0 Å². The van der Waals surface area contributed by atoms with Crippen LogP contribution < -0.4 is 7.22 Å². The van der Waals surface area contributed by atoms with Crippen molar-refractivity contribution in [2.45, 2.75) is 0 Å². The molecule has 0 aliphatic rings. The number of hydrogen-bond donors (Lipinski definition) is 0. The molecule has 0 saturated heterocycles. The molecule has 0 amide bonds. The van der Waals surface area contributed by atoms with Crippen LogP contribution in [0.15, 0.2) is 60.5 Å². The molecule has 0 aromatic heterocycles. The Morgan fingerprint density at radius 1 is 0.846 bits per heavy atom. The van der Waals surface area contributed by atoms with Crippen molar-refractivity contribution in [1.29, 1.82) is 0 Å². The fourth-order valence-electron chi connectivity index (χ4n) is 0.896. The fourth-order valence-corrected chi connectivity index (χ4v) is 2.99. The molecule has 0 radical (unpaired) electrons. The predicted molar refractivity (Wildman–Crippen MR) is 57.9 cm³/mol. The van der Waals surface area contributed by atoms with E-state index in [4.69, 9.17) is 6.85 Å². The van der Waals surface area contributed by atoms with Gasteiger partial charge in [-0.1, -0.05) is 0 Å². The Morgan fingerprint density at radius 3 is 2.23 bits per heavy atom. The maximum absolute atomic E-state index is 7.84. The molecular weight excluding hydrogens is 272 g/mol. The van der Waals surface area contributed by atoms with Crippen LogP contribution in [-0.4, -0.2) is 20.9 Å². The summed E-state index contributed by atoms with van der Waals surface area (Å²) in [5.74, 6) is 0. The molecule has 2 aromatic rings. The van der Waals surface area contributed by atoms with Gasteiger partial charge in [-0.3, -0.25) is 0 Å². The van der Waals surface area contributed by atoms with Crippen molar-refractivity contribution in [3.8, 4) is 0 Å². The van der Waals surface area contributed by atoms with Crippen LogP contribution in [0.2, 0.25) is 0 Å². The number of benzene rings is 2. The molecule has 1 heteroatoms. The summed E-state index contributed by atoms with van der Waals surface area (Å²) in [5, 5.41) is 0. The summed E-state index contributed by atoms with van der Waals surface area (Å²) < 4.78 is 40.0. The monoisotopic (exact) mass is 294 g/mol. The summed E-state index contributed by atoms with van der Waals surface area (Å²) in [6.07, 6.45) is 0. The maximum atomic E-state index is 7.84. The zero-order chi connectivity index (χ0) is 13.3. The van der Waals surface area contributed by atoms with Crippen LogP contribution in [-0.2, 0) is 0 Å². The van der Waals surface area contributed by atoms with E-state index in [9.17, 15) is 0 Å². The van der Waals surface area contributed by atoms with Crippen LogP contribution in [0, 0.1) is 0 Å². The van der Waals surface area contributed by atoms with Gasteiger partial charge in [0.25, 0.3) is 0 Å². The van der Waals surface area contributed by atoms with Gasteiger partial charge in [0.05, 0.1) is 0 Å². The second-order valence-electron chi connectivity index (χ2n) is 2.37. The fraction of sp³-hybridized carbons (Fsp3) is 0. The van der Waals surface area contributed by atoms with Gasteiger partial charge in [-0.15, -0.1) is 0 Å². The first-order valence-corrected chi connectivity index (χ1v) is 6.15. The van der Waals surface area contributed by atoms with Crippen LogP contribution in [0.1, 0.15) is 6.85 Å². The van der Waals surface area contributed by atoms with Crippen LogP contribution in [0.4, 0.5) is 0 Å². The van der Waals surface area contributed by atoms with E-state index in [0.717, 1.165) is 3.61 Å². The number of hydrogen-bond acceptors (Lipinski definition) is 0. The zero-order valence-electron chi connectivity index (χ0n) is 11.8. The minimum absolute atomic E-state index is 0.0627. The van der Waals surface area contributed by atoms with E-state index in [2.05, 4.69) is 0 Å². The summed E-state index contributed by atoms with van der Waals surface area (Å²) in [7, 11) is 0. The van der Waals surface area contributed by atoms with Gasteiger partial charge in [-0.05, 0) is 0 Å². The Morgan fingerprint density at radius 2 is 1.54 bits per heavy atom. The van der Waals surface area contributed by atoms with Crippen LogP contribution in [0.5, 0.6) is 0 Å². The third kappa shape index (κ3) is 2.59. The van der Waals surface area contributed by atoms with E-state index < -0.39 is 20.9 Å². The average molecular weight is 292 g/mol. The molecule has 0 heterocycles. The molecule has 0 nitrogen and oxygen atoms in total. The van der Waals surface area contributed by atoms with Crippen molar-refractivity contribution in [3.05, 3.63) is 60.5 Å². The molecule has 2 aromatic carbocycles. The van der Waals surface area contributed by atoms with Gasteiger partial charge in [0, 0.05) is 0 Å². The molecule has 64 valence electrons. The van der Waals surface area contributed by atoms with Crippen molar-refractivity contribution >= 4 is 28.1 Å². The van der Waals surface area contributed by atoms with Crippen molar-refractivity contribution in [2.24, 2.45) is 0 Å². The van der Waals surface area contributed by atoms with Crippen LogP contribution in [0.25, 0.3) is 0 Å². The van der Waals surface area contributed by atoms with Gasteiger partial charge in [-0.25, -0.2) is 0 Å². The summed E-state index contributed by atoms with van der Waals surface area (Å²) >= 11 is -0.960. The Hall–Kier alpha value is -0.770. The Kier molecular flexibility index (Phi) is 1.59. The Balaban J connectivity index is 2.52. The zero-order valence-corrected chi connectivity index (χ0v) is 9.13. The third-order valence-electron chi connectivity index (χ3n) is 1.44. The summed E-state index contributed by atoms with van der Waals surface area (Å²) in [4.78, 5) is 0. The second kappa shape index (κ2) is 4.46. The molecule has 0 bridgehead atoms. The van der Waals surface area contributed by atoms with Gasteiger partial charge in [0.2, 0.25) is 0 Å². The van der Waals surface area contributed by atoms with E-state index in [0.29, 0.717) is 3.61 Å². The van der Waals surface area contributed by atoms with Crippen LogP contribution >= 0.6 is 0 Å². The van der Waals surface area contributed by atoms with E-state index in [1.165, 1.54) is 0 Å². The van der Waals surface area contributed by atoms with E-state index in [1.807, 2.05) is 30.3 Å². The molecule has 0 N–H and O–H groups in total. The van der Waals surface area contributed by atoms with Gasteiger partial charge >= 0.3 is 95.5 Å². The Labute approximate surface area is 95.7 Å². The summed E-state index contributed by atoms with van der Waals surface area (Å²) in [6.45, 7) is 0. The topological polar surface area (TPSA) is 0 Å². The molecule has 0 aliphatic carbocycles. The third-order valence-corrected chi connectivity index (χ3v) is 4.05. The first-order valence-electron chi connectivity index (χ1n) is 6.32. The summed E-state index contributed by atoms with van der Waals surface area (Å²) in [6, 6.07) is 8.63. The van der Waals surface area contributed by atoms with E-state index >= 15 is 0 Å². The van der Waals surface area contributed by atoms with Crippen molar-refractivity contribution in [1.82, 2.24) is 0 Å². The van der Waals surface area contributed by atoms with Gasteiger partial charge in [0.15, 0.2) is 0 Å². The molecule has 13 heavy (non-hydrogen) atoms. The van der Waals surface area contributed by atoms with Crippen molar-refractivity contribution in [3.63, 3.8) is 0 Å². The normalized spacial score (nSPS) is 15.2. The van der Waals surface area contributed by atoms with Crippen molar-refractivity contribution in [2.75, 3.05) is 0 Å². The number of rotatable bonds is 2. The molecule has 0 unspecified atom stereocenters.